The van der Waals surface area contributed by atoms with Crippen molar-refractivity contribution in [2.24, 2.45) is 5.41 Å². The minimum Gasteiger partial charge on any atom is -0.381 e. The summed E-state index contributed by atoms with van der Waals surface area (Å²) in [6.45, 7) is 5.83. The standard InChI is InChI=1S/C14H26N2O3/c1-4-18-11-14-7-5-9-19-12(14)6-8-16(10-14)13(17)15(2)3/h12H,4-11H2,1-3H3. The third-order valence-corrected chi connectivity index (χ3v) is 4.23. The second-order valence-corrected chi connectivity index (χ2v) is 5.85. The number of urea groups is 1. The fourth-order valence-corrected chi connectivity index (χ4v) is 3.25. The van der Waals surface area contributed by atoms with E-state index >= 15 is 0 Å². The molecule has 0 spiro atoms. The minimum atomic E-state index is -0.00181. The topological polar surface area (TPSA) is 42.0 Å². The molecule has 2 fully saturated rings. The van der Waals surface area contributed by atoms with Gasteiger partial charge in [0.05, 0.1) is 12.7 Å². The average Bonchev–Trinajstić information content (AvgIpc) is 2.43. The monoisotopic (exact) mass is 270 g/mol. The van der Waals surface area contributed by atoms with E-state index < -0.39 is 0 Å². The number of rotatable bonds is 3. The molecular weight excluding hydrogens is 244 g/mol. The van der Waals surface area contributed by atoms with Crippen LogP contribution in [0.3, 0.4) is 0 Å². The second-order valence-electron chi connectivity index (χ2n) is 5.85. The van der Waals surface area contributed by atoms with Gasteiger partial charge in [-0.25, -0.2) is 4.79 Å². The maximum Gasteiger partial charge on any atom is 0.319 e. The Labute approximate surface area is 115 Å². The van der Waals surface area contributed by atoms with Gasteiger partial charge in [0, 0.05) is 45.8 Å². The van der Waals surface area contributed by atoms with Crippen molar-refractivity contribution in [2.75, 3.05) is 47.0 Å². The summed E-state index contributed by atoms with van der Waals surface area (Å²) in [4.78, 5) is 15.8. The molecule has 2 atom stereocenters. The van der Waals surface area contributed by atoms with Crippen molar-refractivity contribution in [3.8, 4) is 0 Å². The van der Waals surface area contributed by atoms with Crippen LogP contribution in [0.5, 0.6) is 0 Å². The number of hydrogen-bond donors (Lipinski definition) is 0. The maximum absolute atomic E-state index is 12.2. The number of carbonyl (C=O) groups excluding carboxylic acids is 1. The third kappa shape index (κ3) is 3.03. The number of nitrogens with zero attached hydrogens (tertiary/aromatic N) is 2. The summed E-state index contributed by atoms with van der Waals surface area (Å²) in [7, 11) is 3.61. The van der Waals surface area contributed by atoms with Gasteiger partial charge in [0.1, 0.15) is 0 Å². The Balaban J connectivity index is 2.09. The normalized spacial score (nSPS) is 30.9. The maximum atomic E-state index is 12.2. The molecule has 5 nitrogen and oxygen atoms in total. The third-order valence-electron chi connectivity index (χ3n) is 4.23. The molecule has 2 amide bonds. The quantitative estimate of drug-likeness (QED) is 0.782. The SMILES string of the molecule is CCOCC12CCCOC1CCN(C(=O)N(C)C)C2. The van der Waals surface area contributed by atoms with Gasteiger partial charge >= 0.3 is 6.03 Å². The van der Waals surface area contributed by atoms with Gasteiger partial charge in [-0.15, -0.1) is 0 Å². The molecule has 0 radical (unpaired) electrons. The first-order chi connectivity index (χ1) is 9.09. The summed E-state index contributed by atoms with van der Waals surface area (Å²) in [5.74, 6) is 0. The summed E-state index contributed by atoms with van der Waals surface area (Å²) >= 11 is 0. The number of fused-ring (bicyclic) bond motifs is 1. The molecule has 0 aliphatic carbocycles. The average molecular weight is 270 g/mol. The first kappa shape index (κ1) is 14.6. The Kier molecular flexibility index (Phi) is 4.68. The Morgan fingerprint density at radius 2 is 2.32 bits per heavy atom. The highest BCUT2D eigenvalue weighted by Crippen LogP contribution is 2.40. The molecule has 2 aliphatic heterocycles. The van der Waals surface area contributed by atoms with Crippen LogP contribution in [-0.4, -0.2) is 68.9 Å². The second kappa shape index (κ2) is 6.09. The van der Waals surface area contributed by atoms with E-state index in [4.69, 9.17) is 9.47 Å². The number of amides is 2. The number of carbonyl (C=O) groups is 1. The van der Waals surface area contributed by atoms with Crippen molar-refractivity contribution in [3.05, 3.63) is 0 Å². The Morgan fingerprint density at radius 1 is 1.53 bits per heavy atom. The van der Waals surface area contributed by atoms with Crippen molar-refractivity contribution in [1.29, 1.82) is 0 Å². The van der Waals surface area contributed by atoms with Crippen LogP contribution in [0.15, 0.2) is 0 Å². The summed E-state index contributed by atoms with van der Waals surface area (Å²) in [6, 6.07) is 0.0971. The molecule has 110 valence electrons. The van der Waals surface area contributed by atoms with E-state index in [2.05, 4.69) is 0 Å². The minimum absolute atomic E-state index is 0.00181. The molecule has 2 heterocycles. The largest absolute Gasteiger partial charge is 0.381 e. The number of likely N-dealkylation sites (tertiary alicyclic amines) is 1. The molecule has 0 aromatic rings. The number of piperidine rings is 1. The Hall–Kier alpha value is -0.810. The van der Waals surface area contributed by atoms with Crippen LogP contribution in [0.2, 0.25) is 0 Å². The molecule has 2 aliphatic rings. The van der Waals surface area contributed by atoms with E-state index in [9.17, 15) is 4.79 Å². The molecule has 2 rings (SSSR count). The van der Waals surface area contributed by atoms with E-state index in [-0.39, 0.29) is 17.6 Å². The smallest absolute Gasteiger partial charge is 0.319 e. The molecular formula is C14H26N2O3. The van der Waals surface area contributed by atoms with Gasteiger partial charge in [-0.1, -0.05) is 0 Å². The lowest BCUT2D eigenvalue weighted by molar-refractivity contribution is -0.146. The van der Waals surface area contributed by atoms with Gasteiger partial charge < -0.3 is 19.3 Å². The van der Waals surface area contributed by atoms with Gasteiger partial charge in [0.25, 0.3) is 0 Å². The summed E-state index contributed by atoms with van der Waals surface area (Å²) in [5, 5.41) is 0. The van der Waals surface area contributed by atoms with Gasteiger partial charge in [0.15, 0.2) is 0 Å². The molecule has 19 heavy (non-hydrogen) atoms. The lowest BCUT2D eigenvalue weighted by Gasteiger charge is -2.50. The van der Waals surface area contributed by atoms with E-state index in [1.807, 2.05) is 11.8 Å². The van der Waals surface area contributed by atoms with Crippen LogP contribution >= 0.6 is 0 Å². The molecule has 2 saturated heterocycles. The summed E-state index contributed by atoms with van der Waals surface area (Å²) < 4.78 is 11.6. The van der Waals surface area contributed by atoms with E-state index in [0.717, 1.165) is 45.6 Å². The Bertz CT molecular complexity index is 322. The molecule has 5 heteroatoms. The molecule has 0 N–H and O–H groups in total. The first-order valence-electron chi connectivity index (χ1n) is 7.24. The molecule has 0 aromatic heterocycles. The fourth-order valence-electron chi connectivity index (χ4n) is 3.25. The summed E-state index contributed by atoms with van der Waals surface area (Å²) in [6.07, 6.45) is 3.33. The van der Waals surface area contributed by atoms with Gasteiger partial charge in [-0.2, -0.15) is 0 Å². The van der Waals surface area contributed by atoms with Crippen molar-refractivity contribution in [1.82, 2.24) is 9.80 Å². The van der Waals surface area contributed by atoms with Crippen LogP contribution in [0, 0.1) is 5.41 Å². The van der Waals surface area contributed by atoms with E-state index in [0.29, 0.717) is 6.61 Å². The van der Waals surface area contributed by atoms with Crippen LogP contribution < -0.4 is 0 Å². The van der Waals surface area contributed by atoms with Crippen molar-refractivity contribution >= 4 is 6.03 Å². The molecule has 0 bridgehead atoms. The molecule has 2 unspecified atom stereocenters. The predicted octanol–water partition coefficient (Wildman–Crippen LogP) is 1.58. The van der Waals surface area contributed by atoms with E-state index in [1.165, 1.54) is 0 Å². The van der Waals surface area contributed by atoms with Gasteiger partial charge in [-0.05, 0) is 26.2 Å². The highest BCUT2D eigenvalue weighted by atomic mass is 16.5. The first-order valence-corrected chi connectivity index (χ1v) is 7.24. The number of ether oxygens (including phenoxy) is 2. The number of hydrogen-bond acceptors (Lipinski definition) is 3. The highest BCUT2D eigenvalue weighted by molar-refractivity contribution is 5.74. The van der Waals surface area contributed by atoms with Crippen LogP contribution in [0.25, 0.3) is 0 Å². The van der Waals surface area contributed by atoms with Gasteiger partial charge in [-0.3, -0.25) is 0 Å². The van der Waals surface area contributed by atoms with Crippen molar-refractivity contribution < 1.29 is 14.3 Å². The van der Waals surface area contributed by atoms with E-state index in [1.54, 1.807) is 19.0 Å². The zero-order valence-corrected chi connectivity index (χ0v) is 12.4. The zero-order valence-electron chi connectivity index (χ0n) is 12.4. The van der Waals surface area contributed by atoms with Crippen LogP contribution in [-0.2, 0) is 9.47 Å². The van der Waals surface area contributed by atoms with Crippen molar-refractivity contribution in [2.45, 2.75) is 32.3 Å². The molecule has 0 aromatic carbocycles. The molecule has 0 saturated carbocycles. The lowest BCUT2D eigenvalue weighted by Crippen LogP contribution is -2.59. The lowest BCUT2D eigenvalue weighted by atomic mass is 9.73. The zero-order chi connectivity index (χ0) is 13.9. The highest BCUT2D eigenvalue weighted by Gasteiger charge is 2.47. The van der Waals surface area contributed by atoms with Crippen molar-refractivity contribution in [3.63, 3.8) is 0 Å². The van der Waals surface area contributed by atoms with Crippen LogP contribution in [0.4, 0.5) is 4.79 Å². The van der Waals surface area contributed by atoms with Gasteiger partial charge in [0.2, 0.25) is 0 Å². The fraction of sp³-hybridized carbons (Fsp3) is 0.929. The summed E-state index contributed by atoms with van der Waals surface area (Å²) in [5.41, 5.74) is -0.00181. The Morgan fingerprint density at radius 3 is 3.00 bits per heavy atom. The van der Waals surface area contributed by atoms with Crippen LogP contribution in [0.1, 0.15) is 26.2 Å². The predicted molar refractivity (Wildman–Crippen MR) is 73.2 cm³/mol.